The van der Waals surface area contributed by atoms with Crippen LogP contribution in [-0.4, -0.2) is 45.8 Å². The van der Waals surface area contributed by atoms with E-state index in [2.05, 4.69) is 9.97 Å². The lowest BCUT2D eigenvalue weighted by atomic mass is 10.3. The second-order valence-corrected chi connectivity index (χ2v) is 3.29. The van der Waals surface area contributed by atoms with Crippen molar-refractivity contribution in [3.63, 3.8) is 0 Å². The largest absolute Gasteiger partial charge is 0.415 e. The van der Waals surface area contributed by atoms with E-state index >= 15 is 0 Å². The van der Waals surface area contributed by atoms with Crippen molar-refractivity contribution in [1.29, 1.82) is 0 Å². The van der Waals surface area contributed by atoms with Crippen molar-refractivity contribution in [2.45, 2.75) is 18.8 Å². The van der Waals surface area contributed by atoms with E-state index in [9.17, 15) is 13.2 Å². The molecular weight excluding hydrogens is 211 g/mol. The van der Waals surface area contributed by atoms with Crippen molar-refractivity contribution in [1.82, 2.24) is 14.9 Å². The van der Waals surface area contributed by atoms with Crippen molar-refractivity contribution in [2.75, 3.05) is 13.6 Å². The third-order valence-electron chi connectivity index (χ3n) is 1.84. The summed E-state index contributed by atoms with van der Waals surface area (Å²) in [6.45, 7) is -0.232. The third kappa shape index (κ3) is 3.88. The highest BCUT2D eigenvalue weighted by atomic mass is 19.4. The summed E-state index contributed by atoms with van der Waals surface area (Å²) < 4.78 is 36.0. The molecule has 1 aromatic heterocycles. The molecular formula is C8H12F3N3O. The van der Waals surface area contributed by atoms with Crippen LogP contribution in [0.25, 0.3) is 0 Å². The zero-order valence-corrected chi connectivity index (χ0v) is 8.12. The van der Waals surface area contributed by atoms with Gasteiger partial charge in [-0.25, -0.2) is 4.98 Å². The molecule has 1 atom stereocenters. The van der Waals surface area contributed by atoms with E-state index in [1.165, 1.54) is 18.1 Å². The number of aliphatic hydroxyl groups excluding tert-OH is 1. The number of H-pyrrole nitrogens is 1. The zero-order chi connectivity index (χ0) is 11.5. The van der Waals surface area contributed by atoms with E-state index in [4.69, 9.17) is 5.11 Å². The first-order valence-corrected chi connectivity index (χ1v) is 4.31. The van der Waals surface area contributed by atoms with Crippen molar-refractivity contribution in [2.24, 2.45) is 0 Å². The lowest BCUT2D eigenvalue weighted by Crippen LogP contribution is -2.39. The molecule has 2 N–H and O–H groups in total. The molecule has 0 aromatic carbocycles. The molecule has 1 rings (SSSR count). The molecule has 86 valence electrons. The summed E-state index contributed by atoms with van der Waals surface area (Å²) >= 11 is 0. The zero-order valence-electron chi connectivity index (χ0n) is 8.12. The van der Waals surface area contributed by atoms with Gasteiger partial charge < -0.3 is 10.1 Å². The van der Waals surface area contributed by atoms with Gasteiger partial charge in [-0.1, -0.05) is 0 Å². The maximum absolute atomic E-state index is 12.0. The van der Waals surface area contributed by atoms with Gasteiger partial charge in [-0.15, -0.1) is 0 Å². The predicted molar refractivity (Wildman–Crippen MR) is 47.0 cm³/mol. The number of hydrogen-bond acceptors (Lipinski definition) is 3. The summed E-state index contributed by atoms with van der Waals surface area (Å²) in [7, 11) is 1.48. The van der Waals surface area contributed by atoms with Gasteiger partial charge >= 0.3 is 6.18 Å². The van der Waals surface area contributed by atoms with Gasteiger partial charge in [-0.05, 0) is 7.05 Å². The number of aromatic amines is 1. The number of imidazole rings is 1. The van der Waals surface area contributed by atoms with Gasteiger partial charge in [0.15, 0.2) is 6.10 Å². The smallest absolute Gasteiger partial charge is 0.382 e. The Labute approximate surface area is 84.7 Å². The molecule has 7 heteroatoms. The van der Waals surface area contributed by atoms with Crippen LogP contribution in [0.5, 0.6) is 0 Å². The fraction of sp³-hybridized carbons (Fsp3) is 0.625. The number of likely N-dealkylation sites (N-methyl/N-ethyl adjacent to an activating group) is 1. The Balaban J connectivity index is 2.39. The van der Waals surface area contributed by atoms with Crippen LogP contribution in [0.4, 0.5) is 13.2 Å². The Hall–Kier alpha value is -1.08. The number of halogens is 3. The van der Waals surface area contributed by atoms with E-state index in [0.29, 0.717) is 5.82 Å². The monoisotopic (exact) mass is 223 g/mol. The maximum atomic E-state index is 12.0. The number of rotatable bonds is 4. The second kappa shape index (κ2) is 4.63. The molecule has 0 radical (unpaired) electrons. The lowest BCUT2D eigenvalue weighted by molar-refractivity contribution is -0.207. The number of hydrogen-bond donors (Lipinski definition) is 2. The first kappa shape index (κ1) is 12.0. The molecule has 0 bridgehead atoms. The number of nitrogens with one attached hydrogen (secondary N) is 1. The Morgan fingerprint density at radius 3 is 2.73 bits per heavy atom. The molecule has 0 aliphatic rings. The van der Waals surface area contributed by atoms with Crippen molar-refractivity contribution < 1.29 is 18.3 Å². The minimum absolute atomic E-state index is 0.236. The SMILES string of the molecule is CN(Cc1ncc[nH]1)CC(O)C(F)(F)F. The number of nitrogens with zero attached hydrogens (tertiary/aromatic N) is 2. The van der Waals surface area contributed by atoms with Gasteiger partial charge in [0, 0.05) is 18.9 Å². The molecule has 4 nitrogen and oxygen atoms in total. The van der Waals surface area contributed by atoms with Crippen molar-refractivity contribution >= 4 is 0 Å². The Morgan fingerprint density at radius 1 is 1.60 bits per heavy atom. The highest BCUT2D eigenvalue weighted by Gasteiger charge is 2.38. The summed E-state index contributed by atoms with van der Waals surface area (Å²) in [6, 6.07) is 0. The molecule has 0 spiro atoms. The Morgan fingerprint density at radius 2 is 2.27 bits per heavy atom. The van der Waals surface area contributed by atoms with Crippen molar-refractivity contribution in [3.05, 3.63) is 18.2 Å². The summed E-state index contributed by atoms with van der Waals surface area (Å²) in [5, 5.41) is 8.79. The van der Waals surface area contributed by atoms with Crippen LogP contribution in [-0.2, 0) is 6.54 Å². The highest BCUT2D eigenvalue weighted by molar-refractivity contribution is 4.86. The minimum atomic E-state index is -4.57. The van der Waals surface area contributed by atoms with Gasteiger partial charge in [-0.2, -0.15) is 13.2 Å². The Kier molecular flexibility index (Phi) is 3.70. The van der Waals surface area contributed by atoms with Crippen LogP contribution in [0.2, 0.25) is 0 Å². The van der Waals surface area contributed by atoms with Crippen molar-refractivity contribution in [3.8, 4) is 0 Å². The highest BCUT2D eigenvalue weighted by Crippen LogP contribution is 2.20. The van der Waals surface area contributed by atoms with Gasteiger partial charge in [0.2, 0.25) is 0 Å². The molecule has 0 fully saturated rings. The fourth-order valence-electron chi connectivity index (χ4n) is 1.10. The summed E-state index contributed by atoms with van der Waals surface area (Å²) in [4.78, 5) is 7.97. The van der Waals surface area contributed by atoms with E-state index in [0.717, 1.165) is 0 Å². The standard InChI is InChI=1S/C8H12F3N3O/c1-14(4-6(15)8(9,10)11)5-7-12-2-3-13-7/h2-3,6,15H,4-5H2,1H3,(H,12,13). The lowest BCUT2D eigenvalue weighted by Gasteiger charge is -2.21. The second-order valence-electron chi connectivity index (χ2n) is 3.29. The van der Waals surface area contributed by atoms with Crippen LogP contribution in [0, 0.1) is 0 Å². The average molecular weight is 223 g/mol. The van der Waals surface area contributed by atoms with Gasteiger partial charge in [-0.3, -0.25) is 4.90 Å². The topological polar surface area (TPSA) is 52.2 Å². The number of alkyl halides is 3. The first-order chi connectivity index (χ1) is 6.89. The number of aliphatic hydroxyl groups is 1. The molecule has 0 saturated heterocycles. The van der Waals surface area contributed by atoms with E-state index < -0.39 is 18.8 Å². The Bertz CT molecular complexity index is 286. The van der Waals surface area contributed by atoms with E-state index in [1.807, 2.05) is 0 Å². The summed E-state index contributed by atoms with van der Waals surface area (Å²) in [6.07, 6.45) is -3.79. The van der Waals surface area contributed by atoms with Gasteiger partial charge in [0.1, 0.15) is 5.82 Å². The molecule has 0 amide bonds. The molecule has 0 aliphatic carbocycles. The normalized spacial score (nSPS) is 14.5. The minimum Gasteiger partial charge on any atom is -0.382 e. The van der Waals surface area contributed by atoms with Crippen LogP contribution in [0.1, 0.15) is 5.82 Å². The van der Waals surface area contributed by atoms with Crippen LogP contribution < -0.4 is 0 Å². The van der Waals surface area contributed by atoms with E-state index in [-0.39, 0.29) is 6.54 Å². The molecule has 1 aromatic rings. The molecule has 15 heavy (non-hydrogen) atoms. The molecule has 0 saturated carbocycles. The van der Waals surface area contributed by atoms with Gasteiger partial charge in [0.25, 0.3) is 0 Å². The first-order valence-electron chi connectivity index (χ1n) is 4.31. The van der Waals surface area contributed by atoms with Gasteiger partial charge in [0.05, 0.1) is 6.54 Å². The summed E-state index contributed by atoms with van der Waals surface area (Å²) in [5.74, 6) is 0.562. The fourth-order valence-corrected chi connectivity index (χ4v) is 1.10. The number of aromatic nitrogens is 2. The third-order valence-corrected chi connectivity index (χ3v) is 1.84. The average Bonchev–Trinajstić information content (AvgIpc) is 2.54. The molecule has 1 heterocycles. The van der Waals surface area contributed by atoms with E-state index in [1.54, 1.807) is 6.20 Å². The molecule has 0 aliphatic heterocycles. The maximum Gasteiger partial charge on any atom is 0.415 e. The molecule has 1 unspecified atom stereocenters. The van der Waals surface area contributed by atoms with Crippen LogP contribution >= 0.6 is 0 Å². The van der Waals surface area contributed by atoms with Crippen LogP contribution in [0.15, 0.2) is 12.4 Å². The summed E-state index contributed by atoms with van der Waals surface area (Å²) in [5.41, 5.74) is 0. The predicted octanol–water partition coefficient (Wildman–Crippen LogP) is 0.765. The quantitative estimate of drug-likeness (QED) is 0.792. The van der Waals surface area contributed by atoms with Crippen LogP contribution in [0.3, 0.4) is 0 Å².